The number of carbonyl (C=O) groups is 1. The van der Waals surface area contributed by atoms with E-state index in [0.29, 0.717) is 11.0 Å². The Morgan fingerprint density at radius 3 is 2.12 bits per heavy atom. The van der Waals surface area contributed by atoms with Crippen LogP contribution in [0.15, 0.2) is 30.3 Å². The fourth-order valence-electron chi connectivity index (χ4n) is 3.99. The highest BCUT2D eigenvalue weighted by molar-refractivity contribution is 6.02. The molecule has 2 nitrogen and oxygen atoms in total. The maximum absolute atomic E-state index is 11.7. The molecule has 142 valence electrons. The van der Waals surface area contributed by atoms with Crippen molar-refractivity contribution >= 4 is 17.1 Å². The molecule has 2 aromatic rings. The fourth-order valence-corrected chi connectivity index (χ4v) is 3.99. The second-order valence-electron chi connectivity index (χ2n) is 8.23. The minimum Gasteiger partial charge on any atom is -0.490 e. The Morgan fingerprint density at radius 2 is 1.58 bits per heavy atom. The SMILES string of the molecule is CC.Cc1cc(OC2CCC(C(C)(C)C)CC2)c(C=O)c2ccccc12. The Hall–Kier alpha value is -1.83. The Bertz CT molecular complexity index is 732. The molecule has 0 unspecified atom stereocenters. The molecule has 3 rings (SSSR count). The molecule has 0 amide bonds. The molecule has 0 aliphatic heterocycles. The van der Waals surface area contributed by atoms with Crippen molar-refractivity contribution in [1.82, 2.24) is 0 Å². The molecule has 0 radical (unpaired) electrons. The lowest BCUT2D eigenvalue weighted by Gasteiger charge is -2.37. The smallest absolute Gasteiger partial charge is 0.154 e. The van der Waals surface area contributed by atoms with E-state index < -0.39 is 0 Å². The summed E-state index contributed by atoms with van der Waals surface area (Å²) in [7, 11) is 0. The van der Waals surface area contributed by atoms with E-state index in [4.69, 9.17) is 4.74 Å². The van der Waals surface area contributed by atoms with Crippen LogP contribution in [0.2, 0.25) is 0 Å². The predicted octanol–water partition coefficient (Wildman–Crippen LogP) is 6.97. The largest absolute Gasteiger partial charge is 0.490 e. The number of fused-ring (bicyclic) bond motifs is 1. The van der Waals surface area contributed by atoms with Crippen LogP contribution in [0.4, 0.5) is 0 Å². The van der Waals surface area contributed by atoms with Gasteiger partial charge in [0.15, 0.2) is 6.29 Å². The van der Waals surface area contributed by atoms with Crippen molar-refractivity contribution in [2.24, 2.45) is 11.3 Å². The third-order valence-electron chi connectivity index (χ3n) is 5.57. The quantitative estimate of drug-likeness (QED) is 0.556. The van der Waals surface area contributed by atoms with Crippen molar-refractivity contribution in [3.63, 3.8) is 0 Å². The Balaban J connectivity index is 0.00000117. The molecule has 26 heavy (non-hydrogen) atoms. The highest BCUT2D eigenvalue weighted by Gasteiger charge is 2.30. The van der Waals surface area contributed by atoms with E-state index in [0.717, 1.165) is 47.1 Å². The zero-order valence-corrected chi connectivity index (χ0v) is 17.3. The predicted molar refractivity (Wildman–Crippen MR) is 111 cm³/mol. The summed E-state index contributed by atoms with van der Waals surface area (Å²) in [5.41, 5.74) is 2.22. The highest BCUT2D eigenvalue weighted by Crippen LogP contribution is 2.39. The second kappa shape index (κ2) is 8.70. The van der Waals surface area contributed by atoms with E-state index in [9.17, 15) is 4.79 Å². The number of carbonyl (C=O) groups excluding carboxylic acids is 1. The number of hydrogen-bond donors (Lipinski definition) is 0. The number of hydrogen-bond acceptors (Lipinski definition) is 2. The van der Waals surface area contributed by atoms with E-state index in [2.05, 4.69) is 33.8 Å². The number of aldehydes is 1. The van der Waals surface area contributed by atoms with Crippen LogP contribution in [-0.2, 0) is 0 Å². The van der Waals surface area contributed by atoms with E-state index >= 15 is 0 Å². The minimum absolute atomic E-state index is 0.225. The Morgan fingerprint density at radius 1 is 1.00 bits per heavy atom. The zero-order valence-electron chi connectivity index (χ0n) is 17.3. The summed E-state index contributed by atoms with van der Waals surface area (Å²) in [5.74, 6) is 1.52. The van der Waals surface area contributed by atoms with Crippen molar-refractivity contribution in [3.05, 3.63) is 41.5 Å². The van der Waals surface area contributed by atoms with Gasteiger partial charge in [-0.3, -0.25) is 4.79 Å². The van der Waals surface area contributed by atoms with Crippen LogP contribution in [0.1, 0.15) is 76.2 Å². The van der Waals surface area contributed by atoms with Crippen molar-refractivity contribution < 1.29 is 9.53 Å². The van der Waals surface area contributed by atoms with Gasteiger partial charge < -0.3 is 4.74 Å². The number of aryl methyl sites for hydroxylation is 1. The first-order valence-corrected chi connectivity index (χ1v) is 10.0. The standard InChI is InChI=1S/C22H28O2.C2H6/c1-15-13-21(20(14-23)19-8-6-5-7-18(15)19)24-17-11-9-16(10-12-17)22(2,3)4;1-2/h5-8,13-14,16-17H,9-12H2,1-4H3;1-2H3. The van der Waals surface area contributed by atoms with Crippen LogP contribution < -0.4 is 4.74 Å². The molecule has 1 aliphatic carbocycles. The topological polar surface area (TPSA) is 26.3 Å². The molecule has 1 aliphatic rings. The summed E-state index contributed by atoms with van der Waals surface area (Å²) in [6.07, 6.45) is 5.73. The first kappa shape index (κ1) is 20.5. The van der Waals surface area contributed by atoms with E-state index in [-0.39, 0.29) is 6.10 Å². The van der Waals surface area contributed by atoms with Crippen LogP contribution in [0.5, 0.6) is 5.75 Å². The van der Waals surface area contributed by atoms with Gasteiger partial charge in [-0.2, -0.15) is 0 Å². The Labute approximate surface area is 158 Å². The van der Waals surface area contributed by atoms with Crippen molar-refractivity contribution in [1.29, 1.82) is 0 Å². The normalized spacial score (nSPS) is 20.2. The van der Waals surface area contributed by atoms with Gasteiger partial charge in [0.2, 0.25) is 0 Å². The summed E-state index contributed by atoms with van der Waals surface area (Å²) in [6.45, 7) is 13.1. The van der Waals surface area contributed by atoms with Crippen LogP contribution >= 0.6 is 0 Å². The monoisotopic (exact) mass is 354 g/mol. The van der Waals surface area contributed by atoms with Crippen molar-refractivity contribution in [2.45, 2.75) is 73.3 Å². The molecule has 0 saturated heterocycles. The fraction of sp³-hybridized carbons (Fsp3) is 0.542. The van der Waals surface area contributed by atoms with Gasteiger partial charge in [-0.25, -0.2) is 0 Å². The van der Waals surface area contributed by atoms with Crippen LogP contribution in [0.25, 0.3) is 10.8 Å². The van der Waals surface area contributed by atoms with E-state index in [1.807, 2.05) is 38.1 Å². The van der Waals surface area contributed by atoms with E-state index in [1.54, 1.807) is 0 Å². The first-order valence-electron chi connectivity index (χ1n) is 10.0. The lowest BCUT2D eigenvalue weighted by Crippen LogP contribution is -2.30. The zero-order chi connectivity index (χ0) is 19.3. The van der Waals surface area contributed by atoms with Crippen molar-refractivity contribution in [3.8, 4) is 5.75 Å². The van der Waals surface area contributed by atoms with Crippen LogP contribution in [0.3, 0.4) is 0 Å². The second-order valence-corrected chi connectivity index (χ2v) is 8.23. The average Bonchev–Trinajstić information content (AvgIpc) is 2.63. The minimum atomic E-state index is 0.225. The first-order chi connectivity index (χ1) is 12.4. The molecule has 0 aromatic heterocycles. The molecule has 2 heteroatoms. The number of benzene rings is 2. The molecule has 0 N–H and O–H groups in total. The molecule has 0 heterocycles. The lowest BCUT2D eigenvalue weighted by molar-refractivity contribution is 0.0871. The lowest BCUT2D eigenvalue weighted by atomic mass is 9.72. The van der Waals surface area contributed by atoms with Gasteiger partial charge in [0.25, 0.3) is 0 Å². The van der Waals surface area contributed by atoms with Gasteiger partial charge in [0, 0.05) is 0 Å². The number of rotatable bonds is 3. The van der Waals surface area contributed by atoms with Gasteiger partial charge in [0.05, 0.1) is 11.7 Å². The molecule has 1 fully saturated rings. The Kier molecular flexibility index (Phi) is 6.86. The van der Waals surface area contributed by atoms with Gasteiger partial charge in [-0.1, -0.05) is 58.9 Å². The summed E-state index contributed by atoms with van der Waals surface area (Å²) >= 11 is 0. The van der Waals surface area contributed by atoms with Gasteiger partial charge >= 0.3 is 0 Å². The molecule has 1 saturated carbocycles. The van der Waals surface area contributed by atoms with E-state index in [1.165, 1.54) is 12.8 Å². The third-order valence-corrected chi connectivity index (χ3v) is 5.57. The average molecular weight is 355 g/mol. The van der Waals surface area contributed by atoms with Crippen molar-refractivity contribution in [2.75, 3.05) is 0 Å². The molecule has 2 aromatic carbocycles. The number of ether oxygens (including phenoxy) is 1. The molecular formula is C24H34O2. The van der Waals surface area contributed by atoms with Gasteiger partial charge in [0.1, 0.15) is 5.75 Å². The third kappa shape index (κ3) is 4.47. The molecule has 0 bridgehead atoms. The summed E-state index contributed by atoms with van der Waals surface area (Å²) in [4.78, 5) is 11.7. The maximum Gasteiger partial charge on any atom is 0.154 e. The van der Waals surface area contributed by atoms with Crippen LogP contribution in [-0.4, -0.2) is 12.4 Å². The maximum atomic E-state index is 11.7. The highest BCUT2D eigenvalue weighted by atomic mass is 16.5. The molecule has 0 atom stereocenters. The summed E-state index contributed by atoms with van der Waals surface area (Å²) in [5, 5.41) is 2.12. The van der Waals surface area contributed by atoms with Crippen LogP contribution in [0, 0.1) is 18.3 Å². The molecule has 0 spiro atoms. The summed E-state index contributed by atoms with van der Waals surface area (Å²) in [6, 6.07) is 10.1. The summed E-state index contributed by atoms with van der Waals surface area (Å²) < 4.78 is 6.30. The van der Waals surface area contributed by atoms with Gasteiger partial charge in [-0.15, -0.1) is 0 Å². The molecular weight excluding hydrogens is 320 g/mol. The van der Waals surface area contributed by atoms with Gasteiger partial charge in [-0.05, 0) is 66.3 Å².